The molecule has 0 spiro atoms. The minimum absolute atomic E-state index is 0.223. The summed E-state index contributed by atoms with van der Waals surface area (Å²) in [5.41, 5.74) is 6.46. The molecule has 2 N–H and O–H groups in total. The van der Waals surface area contributed by atoms with Crippen molar-refractivity contribution in [1.82, 2.24) is 4.90 Å². The van der Waals surface area contributed by atoms with Crippen molar-refractivity contribution in [3.63, 3.8) is 0 Å². The molecule has 0 aromatic rings. The van der Waals surface area contributed by atoms with Gasteiger partial charge < -0.3 is 10.6 Å². The van der Waals surface area contributed by atoms with Gasteiger partial charge in [0.05, 0.1) is 0 Å². The largest absolute Gasteiger partial charge is 0.325 e. The zero-order valence-electron chi connectivity index (χ0n) is 9.47. The molecule has 0 radical (unpaired) electrons. The zero-order chi connectivity index (χ0) is 10.0. The van der Waals surface area contributed by atoms with E-state index in [9.17, 15) is 0 Å². The Balaban J connectivity index is 1.74. The van der Waals surface area contributed by atoms with Gasteiger partial charge in [-0.05, 0) is 51.5 Å². The third kappa shape index (κ3) is 2.12. The fraction of sp³-hybridized carbons (Fsp3) is 1.00. The molecule has 1 atom stereocenters. The lowest BCUT2D eigenvalue weighted by atomic mass is 9.75. The highest BCUT2D eigenvalue weighted by Gasteiger charge is 2.33. The van der Waals surface area contributed by atoms with Gasteiger partial charge in [-0.25, -0.2) is 0 Å². The van der Waals surface area contributed by atoms with Crippen LogP contribution < -0.4 is 5.73 Å². The van der Waals surface area contributed by atoms with E-state index in [4.69, 9.17) is 5.73 Å². The highest BCUT2D eigenvalue weighted by Crippen LogP contribution is 2.33. The molecule has 1 heterocycles. The Morgan fingerprint density at radius 2 is 2.14 bits per heavy atom. The molecule has 1 aliphatic heterocycles. The Morgan fingerprint density at radius 1 is 1.36 bits per heavy atom. The molecule has 1 saturated carbocycles. The van der Waals surface area contributed by atoms with Crippen LogP contribution in [0.2, 0.25) is 0 Å². The summed E-state index contributed by atoms with van der Waals surface area (Å²) in [6, 6.07) is 0.860. The molecule has 1 aliphatic carbocycles. The van der Waals surface area contributed by atoms with E-state index in [-0.39, 0.29) is 5.54 Å². The van der Waals surface area contributed by atoms with Crippen molar-refractivity contribution in [2.75, 3.05) is 13.1 Å². The molecule has 2 aliphatic rings. The third-order valence-electron chi connectivity index (χ3n) is 4.22. The van der Waals surface area contributed by atoms with Crippen molar-refractivity contribution in [1.29, 1.82) is 0 Å². The van der Waals surface area contributed by atoms with Crippen molar-refractivity contribution >= 4 is 0 Å². The van der Waals surface area contributed by atoms with E-state index in [1.54, 1.807) is 0 Å². The molecule has 2 rings (SSSR count). The minimum Gasteiger partial charge on any atom is -0.325 e. The smallest absolute Gasteiger partial charge is 0.0166 e. The predicted octanol–water partition coefficient (Wildman–Crippen LogP) is 2.13. The van der Waals surface area contributed by atoms with Gasteiger partial charge >= 0.3 is 0 Å². The first kappa shape index (κ1) is 10.4. The monoisotopic (exact) mass is 196 g/mol. The molecule has 2 heteroatoms. The van der Waals surface area contributed by atoms with Gasteiger partial charge in [0.15, 0.2) is 0 Å². The standard InChI is InChI=1S/C12H24N2/c1-2-11-5-3-9-14(11)10-8-12(13)6-4-7-12/h11H,2-10,13H2,1H3. The first-order chi connectivity index (χ1) is 6.73. The van der Waals surface area contributed by atoms with Crippen molar-refractivity contribution in [3.8, 4) is 0 Å². The van der Waals surface area contributed by atoms with Crippen LogP contribution in [0, 0.1) is 0 Å². The van der Waals surface area contributed by atoms with Crippen LogP contribution in [0.25, 0.3) is 0 Å². The number of rotatable bonds is 4. The second kappa shape index (κ2) is 4.19. The summed E-state index contributed by atoms with van der Waals surface area (Å²) in [5, 5.41) is 0. The first-order valence-electron chi connectivity index (χ1n) is 6.26. The van der Waals surface area contributed by atoms with Gasteiger partial charge in [0.2, 0.25) is 0 Å². The van der Waals surface area contributed by atoms with Crippen LogP contribution in [0.15, 0.2) is 0 Å². The summed E-state index contributed by atoms with van der Waals surface area (Å²) >= 11 is 0. The molecule has 14 heavy (non-hydrogen) atoms. The van der Waals surface area contributed by atoms with E-state index in [2.05, 4.69) is 11.8 Å². The summed E-state index contributed by atoms with van der Waals surface area (Å²) in [4.78, 5) is 2.66. The normalized spacial score (nSPS) is 31.7. The molecular weight excluding hydrogens is 172 g/mol. The molecule has 2 fully saturated rings. The average Bonchev–Trinajstić information content (AvgIpc) is 2.58. The molecule has 2 nitrogen and oxygen atoms in total. The van der Waals surface area contributed by atoms with Gasteiger partial charge in [-0.2, -0.15) is 0 Å². The lowest BCUT2D eigenvalue weighted by Crippen LogP contribution is -2.49. The van der Waals surface area contributed by atoms with Gasteiger partial charge in [0, 0.05) is 18.1 Å². The van der Waals surface area contributed by atoms with Crippen LogP contribution >= 0.6 is 0 Å². The average molecular weight is 196 g/mol. The van der Waals surface area contributed by atoms with Gasteiger partial charge in [-0.15, -0.1) is 0 Å². The highest BCUT2D eigenvalue weighted by molar-refractivity contribution is 4.93. The van der Waals surface area contributed by atoms with E-state index in [0.717, 1.165) is 6.04 Å². The summed E-state index contributed by atoms with van der Waals surface area (Å²) < 4.78 is 0. The third-order valence-corrected chi connectivity index (χ3v) is 4.22. The molecule has 0 bridgehead atoms. The van der Waals surface area contributed by atoms with Crippen LogP contribution in [-0.2, 0) is 0 Å². The first-order valence-corrected chi connectivity index (χ1v) is 6.26. The maximum atomic E-state index is 6.24. The van der Waals surface area contributed by atoms with Crippen LogP contribution in [0.4, 0.5) is 0 Å². The molecule has 0 amide bonds. The van der Waals surface area contributed by atoms with Crippen molar-refractivity contribution in [2.24, 2.45) is 5.73 Å². The summed E-state index contributed by atoms with van der Waals surface area (Å²) in [6.45, 7) is 4.87. The fourth-order valence-corrected chi connectivity index (χ4v) is 2.90. The van der Waals surface area contributed by atoms with Gasteiger partial charge in [-0.3, -0.25) is 0 Å². The lowest BCUT2D eigenvalue weighted by Gasteiger charge is -2.40. The minimum atomic E-state index is 0.223. The van der Waals surface area contributed by atoms with Gasteiger partial charge in [0.25, 0.3) is 0 Å². The predicted molar refractivity (Wildman–Crippen MR) is 60.3 cm³/mol. The number of nitrogens with zero attached hydrogens (tertiary/aromatic N) is 1. The van der Waals surface area contributed by atoms with Crippen LogP contribution in [0.3, 0.4) is 0 Å². The van der Waals surface area contributed by atoms with E-state index >= 15 is 0 Å². The summed E-state index contributed by atoms with van der Waals surface area (Å²) in [6.07, 6.45) is 9.23. The van der Waals surface area contributed by atoms with Crippen molar-refractivity contribution in [3.05, 3.63) is 0 Å². The maximum absolute atomic E-state index is 6.24. The Labute approximate surface area is 87.8 Å². The Bertz CT molecular complexity index is 187. The van der Waals surface area contributed by atoms with E-state index in [1.165, 1.54) is 58.0 Å². The lowest BCUT2D eigenvalue weighted by molar-refractivity contribution is 0.171. The molecule has 1 saturated heterocycles. The van der Waals surface area contributed by atoms with Crippen LogP contribution in [0.1, 0.15) is 51.9 Å². The molecule has 0 aromatic carbocycles. The number of likely N-dealkylation sites (tertiary alicyclic amines) is 1. The van der Waals surface area contributed by atoms with Gasteiger partial charge in [0.1, 0.15) is 0 Å². The molecule has 82 valence electrons. The van der Waals surface area contributed by atoms with E-state index in [0.29, 0.717) is 0 Å². The van der Waals surface area contributed by atoms with Crippen LogP contribution in [-0.4, -0.2) is 29.6 Å². The topological polar surface area (TPSA) is 29.3 Å². The quantitative estimate of drug-likeness (QED) is 0.746. The molecule has 0 aromatic heterocycles. The Kier molecular flexibility index (Phi) is 3.13. The van der Waals surface area contributed by atoms with Crippen molar-refractivity contribution in [2.45, 2.75) is 63.5 Å². The second-order valence-corrected chi connectivity index (χ2v) is 5.21. The fourth-order valence-electron chi connectivity index (χ4n) is 2.90. The van der Waals surface area contributed by atoms with Crippen molar-refractivity contribution < 1.29 is 0 Å². The zero-order valence-corrected chi connectivity index (χ0v) is 9.47. The Morgan fingerprint density at radius 3 is 2.71 bits per heavy atom. The molecule has 1 unspecified atom stereocenters. The Hall–Kier alpha value is -0.0800. The summed E-state index contributed by atoms with van der Waals surface area (Å²) in [7, 11) is 0. The number of hydrogen-bond donors (Lipinski definition) is 1. The SMILES string of the molecule is CCC1CCCN1CCC1(N)CCC1. The number of nitrogens with two attached hydrogens (primary N) is 1. The second-order valence-electron chi connectivity index (χ2n) is 5.21. The number of hydrogen-bond acceptors (Lipinski definition) is 2. The molecular formula is C12H24N2. The summed E-state index contributed by atoms with van der Waals surface area (Å²) in [5.74, 6) is 0. The highest BCUT2D eigenvalue weighted by atomic mass is 15.2. The maximum Gasteiger partial charge on any atom is 0.0166 e. The van der Waals surface area contributed by atoms with Gasteiger partial charge in [-0.1, -0.05) is 6.92 Å². The van der Waals surface area contributed by atoms with E-state index in [1.807, 2.05) is 0 Å². The van der Waals surface area contributed by atoms with Crippen LogP contribution in [0.5, 0.6) is 0 Å². The van der Waals surface area contributed by atoms with E-state index < -0.39 is 0 Å².